The number of amides is 1. The highest BCUT2D eigenvalue weighted by Gasteiger charge is 2.23. The first kappa shape index (κ1) is 18.3. The lowest BCUT2D eigenvalue weighted by Gasteiger charge is -2.12. The van der Waals surface area contributed by atoms with Crippen LogP contribution in [-0.4, -0.2) is 28.6 Å². The lowest BCUT2D eigenvalue weighted by atomic mass is 10.1. The van der Waals surface area contributed by atoms with Gasteiger partial charge in [0.25, 0.3) is 11.6 Å². The van der Waals surface area contributed by atoms with E-state index in [1.165, 1.54) is 18.3 Å². The van der Waals surface area contributed by atoms with Gasteiger partial charge >= 0.3 is 0 Å². The molecule has 1 aromatic carbocycles. The molecule has 3 aromatic heterocycles. The summed E-state index contributed by atoms with van der Waals surface area (Å²) in [6.45, 7) is 3.24. The summed E-state index contributed by atoms with van der Waals surface area (Å²) in [6.07, 6.45) is 0. The molecule has 0 fully saturated rings. The number of carbonyl (C=O) groups is 2. The zero-order valence-electron chi connectivity index (χ0n) is 16.0. The fourth-order valence-corrected chi connectivity index (χ4v) is 4.04. The molecule has 8 nitrogen and oxygen atoms in total. The van der Waals surface area contributed by atoms with E-state index in [0.717, 1.165) is 4.88 Å². The molecule has 0 saturated heterocycles. The molecule has 1 aliphatic rings. The molecule has 0 unspecified atom stereocenters. The van der Waals surface area contributed by atoms with Crippen molar-refractivity contribution in [3.05, 3.63) is 52.5 Å². The van der Waals surface area contributed by atoms with Crippen LogP contribution in [0.15, 0.2) is 40.2 Å². The molecule has 4 aromatic rings. The van der Waals surface area contributed by atoms with E-state index in [4.69, 9.17) is 14.0 Å². The van der Waals surface area contributed by atoms with Gasteiger partial charge in [-0.1, -0.05) is 11.2 Å². The minimum Gasteiger partial charge on any atom is -0.454 e. The largest absolute Gasteiger partial charge is 0.454 e. The molecule has 9 heteroatoms. The third kappa shape index (κ3) is 3.00. The molecule has 1 amide bonds. The number of aromatic nitrogens is 2. The standard InChI is InChI=1S/C21H15N3O5S/c1-10-19-13(6-15(18-4-3-5-30-18)23-21(19)29-24-10)20(26)22-14-8-17-16(27-9-28-17)7-12(14)11(2)25/h3-8H,9H2,1-2H3,(H,22,26). The minimum atomic E-state index is -0.409. The molecule has 0 saturated carbocycles. The number of ketones is 1. The number of pyridine rings is 1. The van der Waals surface area contributed by atoms with Gasteiger partial charge in [0.05, 0.1) is 32.9 Å². The molecular formula is C21H15N3O5S. The zero-order chi connectivity index (χ0) is 20.8. The average molecular weight is 421 g/mol. The van der Waals surface area contributed by atoms with Crippen LogP contribution in [0.3, 0.4) is 0 Å². The van der Waals surface area contributed by atoms with Crippen LogP contribution in [0.2, 0.25) is 0 Å². The van der Waals surface area contributed by atoms with E-state index in [2.05, 4.69) is 15.5 Å². The Labute approximate surface area is 174 Å². The van der Waals surface area contributed by atoms with Crippen LogP contribution in [0.5, 0.6) is 11.5 Å². The predicted octanol–water partition coefficient (Wildman–Crippen LogP) is 4.44. The Morgan fingerprint density at radius 3 is 2.67 bits per heavy atom. The summed E-state index contributed by atoms with van der Waals surface area (Å²) >= 11 is 1.50. The number of rotatable bonds is 4. The maximum Gasteiger partial charge on any atom is 0.259 e. The number of aryl methyl sites for hydroxylation is 1. The van der Waals surface area contributed by atoms with Crippen molar-refractivity contribution in [1.82, 2.24) is 10.1 Å². The van der Waals surface area contributed by atoms with E-state index in [0.29, 0.717) is 45.1 Å². The van der Waals surface area contributed by atoms with Gasteiger partial charge in [-0.25, -0.2) is 4.98 Å². The van der Waals surface area contributed by atoms with Crippen molar-refractivity contribution in [1.29, 1.82) is 0 Å². The van der Waals surface area contributed by atoms with E-state index in [1.807, 2.05) is 17.5 Å². The third-order valence-corrected chi connectivity index (χ3v) is 5.67. The van der Waals surface area contributed by atoms with Crippen LogP contribution in [0, 0.1) is 6.92 Å². The highest BCUT2D eigenvalue weighted by molar-refractivity contribution is 7.13. The molecule has 1 aliphatic heterocycles. The highest BCUT2D eigenvalue weighted by atomic mass is 32.1. The molecule has 5 rings (SSSR count). The van der Waals surface area contributed by atoms with E-state index < -0.39 is 5.91 Å². The maximum absolute atomic E-state index is 13.3. The van der Waals surface area contributed by atoms with Gasteiger partial charge in [-0.3, -0.25) is 9.59 Å². The average Bonchev–Trinajstić information content (AvgIpc) is 3.47. The Morgan fingerprint density at radius 2 is 1.93 bits per heavy atom. The van der Waals surface area contributed by atoms with Gasteiger partial charge in [-0.15, -0.1) is 11.3 Å². The molecule has 0 aliphatic carbocycles. The molecule has 0 bridgehead atoms. The second-order valence-electron chi connectivity index (χ2n) is 6.74. The van der Waals surface area contributed by atoms with Crippen molar-refractivity contribution in [3.8, 4) is 22.1 Å². The van der Waals surface area contributed by atoms with E-state index in [1.54, 1.807) is 25.1 Å². The molecular weight excluding hydrogens is 406 g/mol. The zero-order valence-corrected chi connectivity index (χ0v) is 16.8. The Kier molecular flexibility index (Phi) is 4.25. The van der Waals surface area contributed by atoms with Crippen molar-refractivity contribution in [2.75, 3.05) is 12.1 Å². The van der Waals surface area contributed by atoms with Gasteiger partial charge in [0.1, 0.15) is 0 Å². The summed E-state index contributed by atoms with van der Waals surface area (Å²) in [5.41, 5.74) is 2.47. The molecule has 150 valence electrons. The number of ether oxygens (including phenoxy) is 2. The highest BCUT2D eigenvalue weighted by Crippen LogP contribution is 2.38. The van der Waals surface area contributed by atoms with Crippen molar-refractivity contribution in [2.45, 2.75) is 13.8 Å². The Balaban J connectivity index is 1.61. The lowest BCUT2D eigenvalue weighted by molar-refractivity contribution is 0.101. The van der Waals surface area contributed by atoms with Gasteiger partial charge in [0.15, 0.2) is 17.3 Å². The number of carbonyl (C=O) groups excluding carboxylic acids is 2. The third-order valence-electron chi connectivity index (χ3n) is 4.78. The Hall–Kier alpha value is -3.72. The first-order chi connectivity index (χ1) is 14.5. The second-order valence-corrected chi connectivity index (χ2v) is 7.69. The van der Waals surface area contributed by atoms with Crippen molar-refractivity contribution >= 4 is 39.8 Å². The van der Waals surface area contributed by atoms with Gasteiger partial charge in [-0.05, 0) is 37.4 Å². The fourth-order valence-electron chi connectivity index (χ4n) is 3.35. The number of anilines is 1. The summed E-state index contributed by atoms with van der Waals surface area (Å²) in [5, 5.41) is 9.24. The predicted molar refractivity (Wildman–Crippen MR) is 110 cm³/mol. The van der Waals surface area contributed by atoms with Gasteiger partial charge < -0.3 is 19.3 Å². The Bertz CT molecular complexity index is 1310. The molecule has 0 spiro atoms. The van der Waals surface area contributed by atoms with Crippen LogP contribution in [0.4, 0.5) is 5.69 Å². The quantitative estimate of drug-likeness (QED) is 0.486. The smallest absolute Gasteiger partial charge is 0.259 e. The van der Waals surface area contributed by atoms with E-state index in [9.17, 15) is 9.59 Å². The van der Waals surface area contributed by atoms with Crippen molar-refractivity contribution in [3.63, 3.8) is 0 Å². The van der Waals surface area contributed by atoms with Crippen LogP contribution < -0.4 is 14.8 Å². The van der Waals surface area contributed by atoms with Crippen LogP contribution in [0.25, 0.3) is 21.7 Å². The number of benzene rings is 1. The topological polar surface area (TPSA) is 104 Å². The normalized spacial score (nSPS) is 12.3. The van der Waals surface area contributed by atoms with Crippen LogP contribution >= 0.6 is 11.3 Å². The molecule has 30 heavy (non-hydrogen) atoms. The van der Waals surface area contributed by atoms with Gasteiger partial charge in [0.2, 0.25) is 6.79 Å². The molecule has 4 heterocycles. The second kappa shape index (κ2) is 6.96. The van der Waals surface area contributed by atoms with E-state index >= 15 is 0 Å². The Morgan fingerprint density at radius 1 is 1.13 bits per heavy atom. The van der Waals surface area contributed by atoms with Gasteiger partial charge in [-0.2, -0.15) is 0 Å². The van der Waals surface area contributed by atoms with Crippen molar-refractivity contribution in [2.24, 2.45) is 0 Å². The first-order valence-electron chi connectivity index (χ1n) is 9.08. The summed E-state index contributed by atoms with van der Waals surface area (Å²) in [4.78, 5) is 30.8. The summed E-state index contributed by atoms with van der Waals surface area (Å²) in [5.74, 6) is 0.326. The monoisotopic (exact) mass is 421 g/mol. The maximum atomic E-state index is 13.3. The minimum absolute atomic E-state index is 0.0686. The molecule has 0 atom stereocenters. The number of nitrogens with zero attached hydrogens (tertiary/aromatic N) is 2. The number of thiophene rings is 1. The number of fused-ring (bicyclic) bond motifs is 2. The fraction of sp³-hybridized carbons (Fsp3) is 0.143. The van der Waals surface area contributed by atoms with E-state index in [-0.39, 0.29) is 18.3 Å². The summed E-state index contributed by atoms with van der Waals surface area (Å²) in [7, 11) is 0. The van der Waals surface area contributed by atoms with Crippen LogP contribution in [0.1, 0.15) is 33.3 Å². The number of hydrogen-bond donors (Lipinski definition) is 1. The van der Waals surface area contributed by atoms with Crippen LogP contribution in [-0.2, 0) is 0 Å². The summed E-state index contributed by atoms with van der Waals surface area (Å²) < 4.78 is 16.1. The molecule has 1 N–H and O–H groups in total. The number of hydrogen-bond acceptors (Lipinski definition) is 8. The number of Topliss-reactive ketones (excluding diaryl/α,β-unsaturated/α-hetero) is 1. The summed E-state index contributed by atoms with van der Waals surface area (Å²) in [6, 6.07) is 8.69. The first-order valence-corrected chi connectivity index (χ1v) is 9.96. The van der Waals surface area contributed by atoms with Gasteiger partial charge in [0, 0.05) is 11.6 Å². The molecule has 0 radical (unpaired) electrons. The number of nitrogens with one attached hydrogen (secondary N) is 1. The SMILES string of the molecule is CC(=O)c1cc2c(cc1NC(=O)c1cc(-c3cccs3)nc3onc(C)c13)OCO2. The van der Waals surface area contributed by atoms with Crippen molar-refractivity contribution < 1.29 is 23.6 Å². The lowest BCUT2D eigenvalue weighted by Crippen LogP contribution is -2.15.